The van der Waals surface area contributed by atoms with Gasteiger partial charge in [-0.3, -0.25) is 52.8 Å². The first kappa shape index (κ1) is 58.1. The first-order valence-electron chi connectivity index (χ1n) is 27.3. The van der Waals surface area contributed by atoms with E-state index in [0.29, 0.717) is 83.1 Å². The van der Waals surface area contributed by atoms with Gasteiger partial charge in [0.2, 0.25) is 35.4 Å². The van der Waals surface area contributed by atoms with Crippen molar-refractivity contribution in [3.05, 3.63) is 97.6 Å². The number of hydrogen-bond donors (Lipinski definition) is 6. The van der Waals surface area contributed by atoms with Gasteiger partial charge in [-0.1, -0.05) is 57.0 Å². The van der Waals surface area contributed by atoms with Crippen LogP contribution in [0.25, 0.3) is 22.3 Å². The third-order valence-electron chi connectivity index (χ3n) is 15.7. The van der Waals surface area contributed by atoms with Gasteiger partial charge >= 0.3 is 11.9 Å². The Morgan fingerprint density at radius 3 is 2.38 bits per heavy atom. The number of amides is 6. The second-order valence-electron chi connectivity index (χ2n) is 21.2. The zero-order valence-corrected chi connectivity index (χ0v) is 45.0. The normalized spacial score (nSPS) is 18.6. The zero-order chi connectivity index (χ0) is 57.6. The maximum atomic E-state index is 15.5. The summed E-state index contributed by atoms with van der Waals surface area (Å²) < 4.78 is 22.2. The molecular weight excluding hydrogens is 1040 g/mol. The number of aliphatic hydroxyl groups is 1. The van der Waals surface area contributed by atoms with Crippen LogP contribution in [0.1, 0.15) is 142 Å². The molecule has 0 bridgehead atoms. The molecule has 1 aliphatic carbocycles. The summed E-state index contributed by atoms with van der Waals surface area (Å²) >= 11 is 0. The van der Waals surface area contributed by atoms with Crippen molar-refractivity contribution < 1.29 is 67.3 Å². The van der Waals surface area contributed by atoms with Crippen molar-refractivity contribution in [1.82, 2.24) is 35.7 Å². The molecule has 80 heavy (non-hydrogen) atoms. The number of carboxylic acid groups (broad SMARTS) is 1. The van der Waals surface area contributed by atoms with Gasteiger partial charge in [0.1, 0.15) is 12.4 Å². The molecule has 21 nitrogen and oxygen atoms in total. The first-order valence-corrected chi connectivity index (χ1v) is 27.3. The number of rotatable bonds is 26. The SMILES string of the molecule is CCCC1CC(=O)N(CCCCCC(=O)N[C@@H](CC(=O)O)C(=O)CCC(=O)NCC(=O)C[C@@H](Cc2ccccc2)C(=O)NCC(=O)N[C@H]2CCc3c(C)c(F)cc4nc5c(c2c34)Cn2c-5cc3c(c2=O)COC(=O)[C@]3(O)CC)C1=O. The quantitative estimate of drug-likeness (QED) is 0.0261. The van der Waals surface area contributed by atoms with Crippen molar-refractivity contribution in [1.29, 1.82) is 0 Å². The van der Waals surface area contributed by atoms with Crippen LogP contribution in [0.5, 0.6) is 0 Å². The minimum absolute atomic E-state index is 0.0204. The second kappa shape index (κ2) is 25.0. The van der Waals surface area contributed by atoms with Gasteiger partial charge < -0.3 is 40.8 Å². The maximum absolute atomic E-state index is 15.5. The van der Waals surface area contributed by atoms with E-state index in [-0.39, 0.29) is 86.2 Å². The molecule has 1 saturated heterocycles. The van der Waals surface area contributed by atoms with E-state index in [1.807, 2.05) is 6.92 Å². The number of ketones is 2. The largest absolute Gasteiger partial charge is 0.481 e. The molecule has 4 aromatic rings. The number of ether oxygens (including phenoxy) is 1. The number of aliphatic carboxylic acids is 1. The molecule has 2 aromatic heterocycles. The number of unbranched alkanes of at least 4 members (excludes halogenated alkanes) is 2. The number of nitrogens with zero attached hydrogens (tertiary/aromatic N) is 3. The average Bonchev–Trinajstić information content (AvgIpc) is 4.13. The number of likely N-dealkylation sites (tertiary alicyclic amines) is 1. The van der Waals surface area contributed by atoms with E-state index in [1.165, 1.54) is 15.5 Å². The fourth-order valence-corrected chi connectivity index (χ4v) is 11.4. The molecule has 4 aliphatic rings. The highest BCUT2D eigenvalue weighted by Crippen LogP contribution is 2.46. The molecule has 1 unspecified atom stereocenters. The molecule has 5 heterocycles. The number of aryl methyl sites for hydroxylation is 1. The van der Waals surface area contributed by atoms with E-state index in [9.17, 15) is 63.0 Å². The van der Waals surface area contributed by atoms with Crippen LogP contribution in [0.4, 0.5) is 4.39 Å². The fourth-order valence-electron chi connectivity index (χ4n) is 11.4. The van der Waals surface area contributed by atoms with Gasteiger partial charge in [-0.05, 0) is 80.2 Å². The van der Waals surface area contributed by atoms with E-state index in [4.69, 9.17) is 9.72 Å². The Kier molecular flexibility index (Phi) is 18.2. The number of imide groups is 1. The Morgan fingerprint density at radius 1 is 0.887 bits per heavy atom. The standard InChI is InChI=1S/C58H66FN7O14/c1-4-12-33-23-49(72)65(55(33)76)20-11-7-10-15-47(70)63-42(26-50(73)74)45(68)18-19-46(69)60-27-35(67)22-34(21-32-13-8-6-9-14-32)54(75)61-28-48(71)62-41-17-16-36-31(3)40(59)25-43-51(36)52(41)37-29-66-44(53(37)64-43)24-39-38(56(66)77)30-80-57(78)58(39,79)5-2/h6,8-9,13-14,24-25,33-34,41-42,79H,4-5,7,10-12,15-23,26-30H2,1-3H3,(H,60,69)(H,61,75)(H,62,71)(H,63,70)(H,73,74)/t33?,34-,41+,42+,58+/m1/s1. The number of aromatic nitrogens is 2. The van der Waals surface area contributed by atoms with Gasteiger partial charge in [0.15, 0.2) is 17.2 Å². The maximum Gasteiger partial charge on any atom is 0.343 e. The third-order valence-corrected chi connectivity index (χ3v) is 15.7. The number of carbonyl (C=O) groups is 10. The minimum Gasteiger partial charge on any atom is -0.481 e. The van der Waals surface area contributed by atoms with Crippen LogP contribution >= 0.6 is 0 Å². The number of halogens is 1. The molecule has 2 aromatic carbocycles. The van der Waals surface area contributed by atoms with Gasteiger partial charge in [-0.15, -0.1) is 0 Å². The number of carbonyl (C=O) groups excluding carboxylic acids is 9. The van der Waals surface area contributed by atoms with Crippen LogP contribution in [-0.2, 0) is 84.3 Å². The Morgan fingerprint density at radius 2 is 1.65 bits per heavy atom. The monoisotopic (exact) mass is 1100 g/mol. The Labute approximate surface area is 459 Å². The predicted molar refractivity (Wildman–Crippen MR) is 284 cm³/mol. The van der Waals surface area contributed by atoms with E-state index < -0.39 is 114 Å². The summed E-state index contributed by atoms with van der Waals surface area (Å²) in [5.74, 6) is -8.16. The van der Waals surface area contributed by atoms with Crippen LogP contribution in [-0.4, -0.2) is 109 Å². The van der Waals surface area contributed by atoms with Crippen LogP contribution in [0.3, 0.4) is 0 Å². The van der Waals surface area contributed by atoms with Gasteiger partial charge in [0.05, 0.1) is 60.6 Å². The highest BCUT2D eigenvalue weighted by atomic mass is 19.1. The summed E-state index contributed by atoms with van der Waals surface area (Å²) in [5.41, 5.74) is 1.61. The van der Waals surface area contributed by atoms with Gasteiger partial charge in [-0.2, -0.15) is 0 Å². The Balaban J connectivity index is 0.857. The molecular formula is C58H66FN7O14. The van der Waals surface area contributed by atoms with Crippen molar-refractivity contribution in [3.63, 3.8) is 0 Å². The summed E-state index contributed by atoms with van der Waals surface area (Å²) in [6.07, 6.45) is 1.68. The van der Waals surface area contributed by atoms with Gasteiger partial charge in [0.25, 0.3) is 5.56 Å². The van der Waals surface area contributed by atoms with Crippen molar-refractivity contribution in [3.8, 4) is 11.4 Å². The van der Waals surface area contributed by atoms with Crippen LogP contribution < -0.4 is 26.8 Å². The zero-order valence-electron chi connectivity index (χ0n) is 45.0. The first-order chi connectivity index (χ1) is 38.2. The molecule has 0 saturated carbocycles. The van der Waals surface area contributed by atoms with Crippen molar-refractivity contribution in [2.45, 2.75) is 148 Å². The lowest BCUT2D eigenvalue weighted by Gasteiger charge is -2.31. The second-order valence-corrected chi connectivity index (χ2v) is 21.2. The molecule has 424 valence electrons. The number of Topliss-reactive ketones (excluding diaryl/α,β-unsaturated/α-hetero) is 2. The van der Waals surface area contributed by atoms with E-state index in [1.54, 1.807) is 50.2 Å². The molecule has 6 N–H and O–H groups in total. The smallest absolute Gasteiger partial charge is 0.343 e. The number of carboxylic acids is 1. The Bertz CT molecular complexity index is 3250. The van der Waals surface area contributed by atoms with Crippen molar-refractivity contribution in [2.24, 2.45) is 11.8 Å². The molecule has 6 amide bonds. The number of esters is 1. The number of cyclic esters (lactones) is 1. The predicted octanol–water partition coefficient (Wildman–Crippen LogP) is 3.73. The third kappa shape index (κ3) is 12.5. The molecule has 0 radical (unpaired) electrons. The highest BCUT2D eigenvalue weighted by molar-refractivity contribution is 6.03. The fraction of sp³-hybridized carbons (Fsp3) is 0.483. The number of benzene rings is 2. The van der Waals surface area contributed by atoms with Crippen LogP contribution in [0.15, 0.2) is 47.3 Å². The average molecular weight is 1100 g/mol. The number of hydrogen-bond acceptors (Lipinski definition) is 14. The summed E-state index contributed by atoms with van der Waals surface area (Å²) in [4.78, 5) is 149. The van der Waals surface area contributed by atoms with E-state index in [2.05, 4.69) is 21.3 Å². The molecule has 22 heteroatoms. The summed E-state index contributed by atoms with van der Waals surface area (Å²) in [6, 6.07) is 9.58. The number of nitrogens with one attached hydrogen (secondary N) is 4. The molecule has 5 atom stereocenters. The Hall–Kier alpha value is -8.01. The lowest BCUT2D eigenvalue weighted by molar-refractivity contribution is -0.172. The highest BCUT2D eigenvalue weighted by Gasteiger charge is 2.46. The van der Waals surface area contributed by atoms with Crippen molar-refractivity contribution in [2.75, 3.05) is 19.6 Å². The number of fused-ring (bicyclic) bond motifs is 5. The van der Waals surface area contributed by atoms with Crippen LogP contribution in [0.2, 0.25) is 0 Å². The van der Waals surface area contributed by atoms with E-state index >= 15 is 4.39 Å². The molecule has 3 aliphatic heterocycles. The molecule has 0 spiro atoms. The molecule has 1 fully saturated rings. The molecule has 8 rings (SSSR count). The number of pyridine rings is 2. The van der Waals surface area contributed by atoms with Gasteiger partial charge in [-0.25, -0.2) is 14.2 Å². The summed E-state index contributed by atoms with van der Waals surface area (Å²) in [6.45, 7) is 4.11. The van der Waals surface area contributed by atoms with Gasteiger partial charge in [0, 0.05) is 73.1 Å². The summed E-state index contributed by atoms with van der Waals surface area (Å²) in [7, 11) is 0. The topological polar surface area (TPSA) is 307 Å². The lowest BCUT2D eigenvalue weighted by Crippen LogP contribution is -2.44. The van der Waals surface area contributed by atoms with Crippen LogP contribution in [0, 0.1) is 24.6 Å². The minimum atomic E-state index is -2.08. The lowest BCUT2D eigenvalue weighted by atomic mass is 9.81. The van der Waals surface area contributed by atoms with Crippen molar-refractivity contribution >= 4 is 69.9 Å². The summed E-state index contributed by atoms with van der Waals surface area (Å²) in [5, 5.41) is 32.1. The van der Waals surface area contributed by atoms with E-state index in [0.717, 1.165) is 6.42 Å².